The number of benzene rings is 2. The van der Waals surface area contributed by atoms with Crippen LogP contribution in [0.15, 0.2) is 42.5 Å². The van der Waals surface area contributed by atoms with E-state index in [9.17, 15) is 13.6 Å². The number of hydrogen-bond donors (Lipinski definition) is 0. The van der Waals surface area contributed by atoms with Crippen molar-refractivity contribution in [3.63, 3.8) is 0 Å². The molecule has 3 nitrogen and oxygen atoms in total. The van der Waals surface area contributed by atoms with Crippen molar-refractivity contribution < 1.29 is 18.3 Å². The van der Waals surface area contributed by atoms with Crippen LogP contribution >= 0.6 is 23.2 Å². The summed E-state index contributed by atoms with van der Waals surface area (Å²) in [7, 11) is 0. The van der Waals surface area contributed by atoms with E-state index in [-0.39, 0.29) is 17.8 Å². The number of carbonyl (C=O) groups excluding carboxylic acids is 1. The van der Waals surface area contributed by atoms with Crippen LogP contribution in [0.3, 0.4) is 0 Å². The Bertz CT molecular complexity index is 865. The van der Waals surface area contributed by atoms with Crippen LogP contribution in [-0.4, -0.2) is 30.0 Å². The van der Waals surface area contributed by atoms with E-state index >= 15 is 0 Å². The largest absolute Gasteiger partial charge is 0.490 e. The van der Waals surface area contributed by atoms with Crippen molar-refractivity contribution in [2.45, 2.75) is 18.9 Å². The van der Waals surface area contributed by atoms with Crippen molar-refractivity contribution in [1.82, 2.24) is 4.90 Å². The summed E-state index contributed by atoms with van der Waals surface area (Å²) in [6.45, 7) is 1.04. The Kier molecular flexibility index (Phi) is 6.34. The summed E-state index contributed by atoms with van der Waals surface area (Å²) in [5.74, 6) is -1.68. The van der Waals surface area contributed by atoms with Crippen LogP contribution in [0.2, 0.25) is 10.0 Å². The highest BCUT2D eigenvalue weighted by atomic mass is 35.5. The highest BCUT2D eigenvalue weighted by molar-refractivity contribution is 6.35. The fourth-order valence-electron chi connectivity index (χ4n) is 2.84. The van der Waals surface area contributed by atoms with Gasteiger partial charge in [-0.15, -0.1) is 0 Å². The fraction of sp³-hybridized carbons (Fsp3) is 0.250. The van der Waals surface area contributed by atoms with Gasteiger partial charge in [-0.05, 0) is 35.9 Å². The molecular formula is C20H17Cl2F2NO2. The smallest absolute Gasteiger partial charge is 0.246 e. The van der Waals surface area contributed by atoms with Crippen LogP contribution in [0.4, 0.5) is 8.78 Å². The van der Waals surface area contributed by atoms with Gasteiger partial charge in [0.15, 0.2) is 11.6 Å². The second-order valence-electron chi connectivity index (χ2n) is 6.22. The predicted octanol–water partition coefficient (Wildman–Crippen LogP) is 5.35. The van der Waals surface area contributed by atoms with Gasteiger partial charge >= 0.3 is 0 Å². The molecule has 1 saturated heterocycles. The minimum atomic E-state index is -0.939. The first-order chi connectivity index (χ1) is 12.9. The minimum Gasteiger partial charge on any atom is -0.490 e. The van der Waals surface area contributed by atoms with Gasteiger partial charge < -0.3 is 9.64 Å². The molecule has 0 atom stereocenters. The number of hydrogen-bond acceptors (Lipinski definition) is 2. The van der Waals surface area contributed by atoms with Crippen LogP contribution in [0.1, 0.15) is 18.4 Å². The minimum absolute atomic E-state index is 0.118. The summed E-state index contributed by atoms with van der Waals surface area (Å²) < 4.78 is 31.9. The number of rotatable bonds is 4. The van der Waals surface area contributed by atoms with Crippen LogP contribution in [0, 0.1) is 11.6 Å². The molecule has 0 spiro atoms. The topological polar surface area (TPSA) is 29.5 Å². The molecule has 0 saturated carbocycles. The molecule has 1 heterocycles. The molecule has 0 radical (unpaired) electrons. The Morgan fingerprint density at radius 1 is 1.07 bits per heavy atom. The number of ether oxygens (including phenoxy) is 1. The normalized spacial score (nSPS) is 15.3. The molecule has 1 aliphatic rings. The van der Waals surface area contributed by atoms with E-state index in [0.717, 1.165) is 12.1 Å². The number of likely N-dealkylation sites (tertiary alicyclic amines) is 1. The number of halogens is 4. The average Bonchev–Trinajstić information content (AvgIpc) is 2.64. The molecule has 2 aromatic carbocycles. The van der Waals surface area contributed by atoms with Crippen molar-refractivity contribution in [2.75, 3.05) is 13.1 Å². The van der Waals surface area contributed by atoms with Crippen molar-refractivity contribution in [1.29, 1.82) is 0 Å². The maximum atomic E-state index is 13.2. The lowest BCUT2D eigenvalue weighted by Gasteiger charge is -2.31. The van der Waals surface area contributed by atoms with Gasteiger partial charge in [-0.2, -0.15) is 0 Å². The Morgan fingerprint density at radius 2 is 1.81 bits per heavy atom. The van der Waals surface area contributed by atoms with E-state index in [0.29, 0.717) is 41.5 Å². The van der Waals surface area contributed by atoms with Gasteiger partial charge in [0, 0.05) is 48.1 Å². The molecule has 0 unspecified atom stereocenters. The number of piperidine rings is 1. The quantitative estimate of drug-likeness (QED) is 0.634. The summed E-state index contributed by atoms with van der Waals surface area (Å²) in [5.41, 5.74) is 0.714. The lowest BCUT2D eigenvalue weighted by atomic mass is 10.1. The van der Waals surface area contributed by atoms with E-state index in [2.05, 4.69) is 0 Å². The Labute approximate surface area is 166 Å². The summed E-state index contributed by atoms with van der Waals surface area (Å²) >= 11 is 11.9. The zero-order valence-corrected chi connectivity index (χ0v) is 15.8. The molecule has 1 fully saturated rings. The SMILES string of the molecule is O=C(/C=C/c1ccc(Cl)cc1Cl)N1CCC(Oc2ccc(F)c(F)c2)CC1. The van der Waals surface area contributed by atoms with E-state index in [1.807, 2.05) is 0 Å². The van der Waals surface area contributed by atoms with E-state index in [4.69, 9.17) is 27.9 Å². The van der Waals surface area contributed by atoms with Gasteiger partial charge in [-0.1, -0.05) is 29.3 Å². The third-order valence-electron chi connectivity index (χ3n) is 4.32. The molecule has 2 aromatic rings. The maximum Gasteiger partial charge on any atom is 0.246 e. The summed E-state index contributed by atoms with van der Waals surface area (Å²) in [4.78, 5) is 14.0. The monoisotopic (exact) mass is 411 g/mol. The second-order valence-corrected chi connectivity index (χ2v) is 7.06. The molecule has 142 valence electrons. The Hall–Kier alpha value is -2.11. The fourth-order valence-corrected chi connectivity index (χ4v) is 3.31. The van der Waals surface area contributed by atoms with Gasteiger partial charge in [0.25, 0.3) is 0 Å². The molecular weight excluding hydrogens is 395 g/mol. The van der Waals surface area contributed by atoms with Gasteiger partial charge in [0.2, 0.25) is 5.91 Å². The van der Waals surface area contributed by atoms with Crippen molar-refractivity contribution in [3.8, 4) is 5.75 Å². The molecule has 0 aromatic heterocycles. The molecule has 0 bridgehead atoms. The van der Waals surface area contributed by atoms with Crippen molar-refractivity contribution in [3.05, 3.63) is 69.7 Å². The zero-order chi connectivity index (χ0) is 19.4. The summed E-state index contributed by atoms with van der Waals surface area (Å²) in [6.07, 6.45) is 4.21. The number of nitrogens with zero attached hydrogens (tertiary/aromatic N) is 1. The standard InChI is InChI=1S/C20H17Cl2F2NO2/c21-14-3-1-13(17(22)11-14)2-6-20(26)25-9-7-15(8-10-25)27-16-4-5-18(23)19(24)12-16/h1-6,11-12,15H,7-10H2/b6-2+. The van der Waals surface area contributed by atoms with E-state index in [1.54, 1.807) is 29.2 Å². The Balaban J connectivity index is 1.53. The van der Waals surface area contributed by atoms with Crippen molar-refractivity contribution in [2.24, 2.45) is 0 Å². The van der Waals surface area contributed by atoms with Gasteiger partial charge in [-0.25, -0.2) is 8.78 Å². The second kappa shape index (κ2) is 8.72. The van der Waals surface area contributed by atoms with Crippen molar-refractivity contribution >= 4 is 35.2 Å². The molecule has 7 heteroatoms. The molecule has 3 rings (SSSR count). The van der Waals surface area contributed by atoms with Crippen LogP contribution in [-0.2, 0) is 4.79 Å². The first-order valence-corrected chi connectivity index (χ1v) is 9.22. The molecule has 0 aliphatic carbocycles. The number of carbonyl (C=O) groups is 1. The first kappa shape index (κ1) is 19.6. The lowest BCUT2D eigenvalue weighted by molar-refractivity contribution is -0.127. The van der Waals surface area contributed by atoms with Gasteiger partial charge in [-0.3, -0.25) is 4.79 Å². The summed E-state index contributed by atoms with van der Waals surface area (Å²) in [5, 5.41) is 1.01. The summed E-state index contributed by atoms with van der Waals surface area (Å²) in [6, 6.07) is 8.54. The van der Waals surface area contributed by atoms with Gasteiger partial charge in [0.1, 0.15) is 11.9 Å². The highest BCUT2D eigenvalue weighted by Crippen LogP contribution is 2.23. The Morgan fingerprint density at radius 3 is 2.48 bits per heavy atom. The molecule has 1 aliphatic heterocycles. The zero-order valence-electron chi connectivity index (χ0n) is 14.3. The predicted molar refractivity (Wildman–Crippen MR) is 102 cm³/mol. The first-order valence-electron chi connectivity index (χ1n) is 8.46. The average molecular weight is 412 g/mol. The highest BCUT2D eigenvalue weighted by Gasteiger charge is 2.23. The third-order valence-corrected chi connectivity index (χ3v) is 4.88. The number of amides is 1. The lowest BCUT2D eigenvalue weighted by Crippen LogP contribution is -2.41. The molecule has 27 heavy (non-hydrogen) atoms. The molecule has 1 amide bonds. The van der Waals surface area contributed by atoms with Crippen LogP contribution in [0.5, 0.6) is 5.75 Å². The van der Waals surface area contributed by atoms with Crippen LogP contribution < -0.4 is 4.74 Å². The van der Waals surface area contributed by atoms with E-state index in [1.165, 1.54) is 12.1 Å². The van der Waals surface area contributed by atoms with Crippen LogP contribution in [0.25, 0.3) is 6.08 Å². The molecule has 0 N–H and O–H groups in total. The van der Waals surface area contributed by atoms with E-state index < -0.39 is 11.6 Å². The van der Waals surface area contributed by atoms with Gasteiger partial charge in [0.05, 0.1) is 0 Å². The maximum absolute atomic E-state index is 13.2. The third kappa shape index (κ3) is 5.21.